The van der Waals surface area contributed by atoms with Gasteiger partial charge in [-0.3, -0.25) is 9.69 Å². The van der Waals surface area contributed by atoms with Gasteiger partial charge in [-0.1, -0.05) is 0 Å². The largest absolute Gasteiger partial charge is 0.444 e. The van der Waals surface area contributed by atoms with Crippen molar-refractivity contribution < 1.29 is 14.3 Å². The van der Waals surface area contributed by atoms with E-state index in [1.54, 1.807) is 11.3 Å². The fourth-order valence-electron chi connectivity index (χ4n) is 2.85. The summed E-state index contributed by atoms with van der Waals surface area (Å²) in [5.41, 5.74) is 0.187. The first-order chi connectivity index (χ1) is 11.3. The lowest BCUT2D eigenvalue weighted by atomic mass is 10.2. The van der Waals surface area contributed by atoms with E-state index in [1.807, 2.05) is 50.4 Å². The number of ether oxygens (including phenoxy) is 1. The Hall–Kier alpha value is -2.08. The molecule has 1 aromatic heterocycles. The number of hydrogen-bond donors (Lipinski definition) is 1. The Bertz CT molecular complexity index is 763. The minimum atomic E-state index is -0.565. The number of carbonyl (C=O) groups excluding carboxylic acids is 2. The zero-order valence-electron chi connectivity index (χ0n) is 14.2. The molecule has 0 spiro atoms. The van der Waals surface area contributed by atoms with Crippen molar-refractivity contribution in [1.82, 2.24) is 4.90 Å². The predicted molar refractivity (Wildman–Crippen MR) is 96.4 cm³/mol. The average molecular weight is 346 g/mol. The summed E-state index contributed by atoms with van der Waals surface area (Å²) in [5, 5.41) is 6.06. The fourth-order valence-corrected chi connectivity index (χ4v) is 3.62. The van der Waals surface area contributed by atoms with Crippen molar-refractivity contribution in [3.8, 4) is 0 Å². The molecule has 1 aliphatic rings. The minimum Gasteiger partial charge on any atom is -0.444 e. The van der Waals surface area contributed by atoms with Gasteiger partial charge in [-0.2, -0.15) is 0 Å². The van der Waals surface area contributed by atoms with Crippen LogP contribution >= 0.6 is 11.3 Å². The first-order valence-electron chi connectivity index (χ1n) is 8.11. The molecule has 1 atom stereocenters. The van der Waals surface area contributed by atoms with Crippen LogP contribution in [0.2, 0.25) is 0 Å². The van der Waals surface area contributed by atoms with Gasteiger partial charge in [-0.05, 0) is 68.6 Å². The highest BCUT2D eigenvalue weighted by atomic mass is 32.1. The highest BCUT2D eigenvalue weighted by molar-refractivity contribution is 7.17. The maximum atomic E-state index is 12.6. The molecule has 1 N–H and O–H groups in total. The van der Waals surface area contributed by atoms with E-state index in [4.69, 9.17) is 4.74 Å². The molecule has 2 heterocycles. The van der Waals surface area contributed by atoms with Gasteiger partial charge in [-0.15, -0.1) is 11.3 Å². The van der Waals surface area contributed by atoms with Gasteiger partial charge in [0.15, 0.2) is 0 Å². The second-order valence-corrected chi connectivity index (χ2v) is 7.94. The van der Waals surface area contributed by atoms with Crippen molar-refractivity contribution in [2.45, 2.75) is 45.3 Å². The second-order valence-electron chi connectivity index (χ2n) is 6.99. The lowest BCUT2D eigenvalue weighted by molar-refractivity contribution is -0.120. The molecule has 0 unspecified atom stereocenters. The van der Waals surface area contributed by atoms with Crippen LogP contribution < -0.4 is 5.32 Å². The third-order valence-electron chi connectivity index (χ3n) is 3.90. The standard InChI is InChI=1S/C18H22N2O3S/c1-18(2,3)23-17(22)20-9-4-5-14(20)16(21)19-13-6-7-15-12(11-13)8-10-24-15/h6-8,10-11,14H,4-5,9H2,1-3H3,(H,19,21)/t14-/m0/s1. The van der Waals surface area contributed by atoms with Crippen LogP contribution in [0.25, 0.3) is 10.1 Å². The fraction of sp³-hybridized carbons (Fsp3) is 0.444. The normalized spacial score (nSPS) is 18.0. The summed E-state index contributed by atoms with van der Waals surface area (Å²) in [6.07, 6.45) is 1.04. The van der Waals surface area contributed by atoms with Crippen molar-refractivity contribution in [3.63, 3.8) is 0 Å². The van der Waals surface area contributed by atoms with Gasteiger partial charge in [0.25, 0.3) is 0 Å². The first kappa shape index (κ1) is 16.8. The number of nitrogens with one attached hydrogen (secondary N) is 1. The summed E-state index contributed by atoms with van der Waals surface area (Å²) in [6.45, 7) is 6.03. The van der Waals surface area contributed by atoms with Crippen molar-refractivity contribution in [2.75, 3.05) is 11.9 Å². The number of amides is 2. The molecule has 0 saturated carbocycles. The van der Waals surface area contributed by atoms with Crippen LogP contribution in [-0.4, -0.2) is 35.1 Å². The van der Waals surface area contributed by atoms with Crippen LogP contribution in [0.15, 0.2) is 29.6 Å². The van der Waals surface area contributed by atoms with Crippen LogP contribution in [0.5, 0.6) is 0 Å². The van der Waals surface area contributed by atoms with Gasteiger partial charge in [0.05, 0.1) is 0 Å². The SMILES string of the molecule is CC(C)(C)OC(=O)N1CCC[C@H]1C(=O)Nc1ccc2sccc2c1. The smallest absolute Gasteiger partial charge is 0.410 e. The number of anilines is 1. The molecule has 0 aliphatic carbocycles. The topological polar surface area (TPSA) is 58.6 Å². The monoisotopic (exact) mass is 346 g/mol. The van der Waals surface area contributed by atoms with Gasteiger partial charge in [-0.25, -0.2) is 4.79 Å². The number of hydrogen-bond acceptors (Lipinski definition) is 4. The molecule has 6 heteroatoms. The number of fused-ring (bicyclic) bond motifs is 1. The molecule has 3 rings (SSSR count). The highest BCUT2D eigenvalue weighted by Gasteiger charge is 2.36. The molecule has 24 heavy (non-hydrogen) atoms. The number of likely N-dealkylation sites (tertiary alicyclic amines) is 1. The Morgan fingerprint density at radius 1 is 1.29 bits per heavy atom. The van der Waals surface area contributed by atoms with Crippen molar-refractivity contribution >= 4 is 39.1 Å². The number of nitrogens with zero attached hydrogens (tertiary/aromatic N) is 1. The Labute approximate surface area is 145 Å². The van der Waals surface area contributed by atoms with E-state index in [2.05, 4.69) is 5.32 Å². The molecule has 2 amide bonds. The number of thiophene rings is 1. The molecule has 1 aliphatic heterocycles. The van der Waals surface area contributed by atoms with Gasteiger partial charge < -0.3 is 10.1 Å². The van der Waals surface area contributed by atoms with Crippen LogP contribution in [0, 0.1) is 0 Å². The summed E-state index contributed by atoms with van der Waals surface area (Å²) < 4.78 is 6.59. The Kier molecular flexibility index (Phi) is 4.49. The summed E-state index contributed by atoms with van der Waals surface area (Å²) >= 11 is 1.67. The van der Waals surface area contributed by atoms with E-state index in [1.165, 1.54) is 9.60 Å². The Morgan fingerprint density at radius 3 is 2.83 bits per heavy atom. The Balaban J connectivity index is 1.70. The number of rotatable bonds is 2. The van der Waals surface area contributed by atoms with Crippen LogP contribution in [0.1, 0.15) is 33.6 Å². The summed E-state index contributed by atoms with van der Waals surface area (Å²) in [4.78, 5) is 26.4. The average Bonchev–Trinajstić information content (AvgIpc) is 3.14. The van der Waals surface area contributed by atoms with Crippen molar-refractivity contribution in [2.24, 2.45) is 0 Å². The van der Waals surface area contributed by atoms with Crippen LogP contribution in [0.4, 0.5) is 10.5 Å². The zero-order chi connectivity index (χ0) is 17.3. The number of carbonyl (C=O) groups is 2. The molecule has 2 aromatic rings. The van der Waals surface area contributed by atoms with Crippen LogP contribution in [-0.2, 0) is 9.53 Å². The van der Waals surface area contributed by atoms with Gasteiger partial charge in [0, 0.05) is 16.9 Å². The van der Waals surface area contributed by atoms with E-state index in [0.717, 1.165) is 17.5 Å². The number of benzene rings is 1. The van der Waals surface area contributed by atoms with Crippen molar-refractivity contribution in [1.29, 1.82) is 0 Å². The molecular weight excluding hydrogens is 324 g/mol. The molecule has 1 fully saturated rings. The van der Waals surface area contributed by atoms with Gasteiger partial charge in [0.1, 0.15) is 11.6 Å². The Morgan fingerprint density at radius 2 is 2.08 bits per heavy atom. The van der Waals surface area contributed by atoms with Crippen molar-refractivity contribution in [3.05, 3.63) is 29.6 Å². The third kappa shape index (κ3) is 3.70. The predicted octanol–water partition coefficient (Wildman–Crippen LogP) is 4.24. The quantitative estimate of drug-likeness (QED) is 0.885. The molecule has 0 bridgehead atoms. The lowest BCUT2D eigenvalue weighted by Crippen LogP contribution is -2.45. The summed E-state index contributed by atoms with van der Waals surface area (Å²) in [7, 11) is 0. The highest BCUT2D eigenvalue weighted by Crippen LogP contribution is 2.26. The van der Waals surface area contributed by atoms with Crippen LogP contribution in [0.3, 0.4) is 0 Å². The molecule has 1 aromatic carbocycles. The maximum Gasteiger partial charge on any atom is 0.410 e. The first-order valence-corrected chi connectivity index (χ1v) is 8.99. The van der Waals surface area contributed by atoms with E-state index in [0.29, 0.717) is 13.0 Å². The molecule has 1 saturated heterocycles. The maximum absolute atomic E-state index is 12.6. The molecule has 128 valence electrons. The molecule has 5 nitrogen and oxygen atoms in total. The van der Waals surface area contributed by atoms with E-state index in [9.17, 15) is 9.59 Å². The van der Waals surface area contributed by atoms with E-state index >= 15 is 0 Å². The second kappa shape index (κ2) is 6.43. The minimum absolute atomic E-state index is 0.159. The lowest BCUT2D eigenvalue weighted by Gasteiger charge is -2.28. The van der Waals surface area contributed by atoms with E-state index in [-0.39, 0.29) is 5.91 Å². The van der Waals surface area contributed by atoms with Gasteiger partial charge in [0.2, 0.25) is 5.91 Å². The summed E-state index contributed by atoms with van der Waals surface area (Å²) in [6, 6.07) is 7.40. The van der Waals surface area contributed by atoms with E-state index < -0.39 is 17.7 Å². The molecular formula is C18H22N2O3S. The molecule has 0 radical (unpaired) electrons. The zero-order valence-corrected chi connectivity index (χ0v) is 15.0. The summed E-state index contributed by atoms with van der Waals surface area (Å²) in [5.74, 6) is -0.159. The van der Waals surface area contributed by atoms with Gasteiger partial charge >= 0.3 is 6.09 Å². The third-order valence-corrected chi connectivity index (χ3v) is 4.80.